The molecule has 0 saturated carbocycles. The number of carbonyl (C=O) groups is 2. The summed E-state index contributed by atoms with van der Waals surface area (Å²) in [5.41, 5.74) is 7.57. The molecule has 3 aliphatic heterocycles. The number of piperidine rings is 1. The van der Waals surface area contributed by atoms with Crippen molar-refractivity contribution in [2.75, 3.05) is 61.5 Å². The molecule has 10 nitrogen and oxygen atoms in total. The topological polar surface area (TPSA) is 116 Å². The molecule has 11 heteroatoms. The van der Waals surface area contributed by atoms with Crippen molar-refractivity contribution in [3.8, 4) is 0 Å². The van der Waals surface area contributed by atoms with Gasteiger partial charge in [0, 0.05) is 61.7 Å². The van der Waals surface area contributed by atoms with Crippen molar-refractivity contribution < 1.29 is 18.7 Å². The Kier molecular flexibility index (Phi) is 8.22. The van der Waals surface area contributed by atoms with Crippen LogP contribution in [0, 0.1) is 12.7 Å². The van der Waals surface area contributed by atoms with Crippen molar-refractivity contribution in [1.82, 2.24) is 14.8 Å². The Labute approximate surface area is 234 Å². The van der Waals surface area contributed by atoms with E-state index in [1.807, 2.05) is 24.3 Å². The van der Waals surface area contributed by atoms with Crippen LogP contribution in [0.1, 0.15) is 35.7 Å². The van der Waals surface area contributed by atoms with Gasteiger partial charge in [-0.2, -0.15) is 0 Å². The normalized spacial score (nSPS) is 22.0. The minimum Gasteiger partial charge on any atom is -0.378 e. The average Bonchev–Trinajstić information content (AvgIpc) is 2.91. The third kappa shape index (κ3) is 5.75. The highest BCUT2D eigenvalue weighted by molar-refractivity contribution is 6.00. The van der Waals surface area contributed by atoms with Crippen LogP contribution < -0.4 is 21.3 Å². The number of pyridine rings is 1. The number of nitrogens with zero attached hydrogens (tertiary/aromatic N) is 4. The van der Waals surface area contributed by atoms with Gasteiger partial charge in [0.2, 0.25) is 5.91 Å². The fourth-order valence-corrected chi connectivity index (χ4v) is 5.79. The number of amides is 2. The summed E-state index contributed by atoms with van der Waals surface area (Å²) in [6.07, 6.45) is 2.81. The molecule has 5 rings (SSSR count). The van der Waals surface area contributed by atoms with E-state index in [0.29, 0.717) is 30.9 Å². The van der Waals surface area contributed by atoms with E-state index in [-0.39, 0.29) is 34.7 Å². The Bertz CT molecular complexity index is 1270. The largest absolute Gasteiger partial charge is 0.378 e. The van der Waals surface area contributed by atoms with Gasteiger partial charge in [-0.1, -0.05) is 6.58 Å². The zero-order valence-electron chi connectivity index (χ0n) is 23.2. The number of benzene rings is 1. The van der Waals surface area contributed by atoms with Crippen LogP contribution in [0.3, 0.4) is 0 Å². The Morgan fingerprint density at radius 3 is 2.52 bits per heavy atom. The van der Waals surface area contributed by atoms with E-state index in [2.05, 4.69) is 38.9 Å². The lowest BCUT2D eigenvalue weighted by Gasteiger charge is -2.46. The number of nitrogens with two attached hydrogens (primary N) is 1. The van der Waals surface area contributed by atoms with Gasteiger partial charge in [-0.15, -0.1) is 0 Å². The first-order valence-electron chi connectivity index (χ1n) is 13.9. The van der Waals surface area contributed by atoms with E-state index in [9.17, 15) is 9.59 Å². The summed E-state index contributed by atoms with van der Waals surface area (Å²) in [5.74, 6) is -1.36. The average molecular weight is 552 g/mol. The number of rotatable bonds is 8. The second kappa shape index (κ2) is 11.8. The van der Waals surface area contributed by atoms with E-state index in [0.717, 1.165) is 51.4 Å². The number of aromatic nitrogens is 1. The zero-order chi connectivity index (χ0) is 28.4. The van der Waals surface area contributed by atoms with Crippen molar-refractivity contribution in [1.29, 1.82) is 0 Å². The van der Waals surface area contributed by atoms with Gasteiger partial charge in [0.1, 0.15) is 5.82 Å². The first kappa shape index (κ1) is 27.9. The van der Waals surface area contributed by atoms with Crippen LogP contribution in [0.15, 0.2) is 36.9 Å². The summed E-state index contributed by atoms with van der Waals surface area (Å²) in [7, 11) is 0. The summed E-state index contributed by atoms with van der Waals surface area (Å²) in [4.78, 5) is 35.4. The number of anilines is 4. The first-order chi connectivity index (χ1) is 19.2. The highest BCUT2D eigenvalue weighted by Crippen LogP contribution is 2.30. The van der Waals surface area contributed by atoms with Crippen molar-refractivity contribution in [3.05, 3.63) is 53.9 Å². The van der Waals surface area contributed by atoms with Gasteiger partial charge in [0.25, 0.3) is 5.91 Å². The van der Waals surface area contributed by atoms with Gasteiger partial charge in [0.05, 0.1) is 24.8 Å². The highest BCUT2D eigenvalue weighted by atomic mass is 19.1. The van der Waals surface area contributed by atoms with Gasteiger partial charge in [-0.05, 0) is 57.0 Å². The van der Waals surface area contributed by atoms with Crippen LogP contribution in [0.5, 0.6) is 0 Å². The summed E-state index contributed by atoms with van der Waals surface area (Å²) >= 11 is 0. The van der Waals surface area contributed by atoms with Gasteiger partial charge >= 0.3 is 0 Å². The lowest BCUT2D eigenvalue weighted by Crippen LogP contribution is -2.59. The van der Waals surface area contributed by atoms with Crippen molar-refractivity contribution >= 4 is 34.8 Å². The molecular formula is C29H38FN7O3. The maximum atomic E-state index is 15.3. The monoisotopic (exact) mass is 551 g/mol. The molecule has 4 heterocycles. The zero-order valence-corrected chi connectivity index (χ0v) is 23.2. The molecule has 1 aromatic carbocycles. The maximum absolute atomic E-state index is 15.3. The van der Waals surface area contributed by atoms with E-state index in [1.165, 1.54) is 13.0 Å². The summed E-state index contributed by atoms with van der Waals surface area (Å²) in [5, 5.41) is 6.32. The molecule has 0 bridgehead atoms. The number of carbonyl (C=O) groups excluding carboxylic acids is 2. The number of nitrogens with one attached hydrogen (secondary N) is 2. The fraction of sp³-hybridized carbons (Fsp3) is 0.483. The number of likely N-dealkylation sites (tertiary alicyclic amines) is 1. The standard InChI is InChI=1S/C29H38FN7O3/c1-4-24(38)36-11-5-6-21(15-36)33-29-26(30)19(3)25(27(31)39)28(34-29)32-20-7-9-22(10-8-20)37-13-12-35(14-18(37)2)23-16-40-17-23/h4,7-10,18,21,23H,1,5-6,11-17H2,2-3H3,(H2,31,39)(H2,32,33,34). The van der Waals surface area contributed by atoms with Crippen molar-refractivity contribution in [3.63, 3.8) is 0 Å². The predicted molar refractivity (Wildman–Crippen MR) is 154 cm³/mol. The minimum atomic E-state index is -0.765. The molecule has 2 amide bonds. The van der Waals surface area contributed by atoms with Crippen LogP contribution in [-0.4, -0.2) is 90.7 Å². The van der Waals surface area contributed by atoms with Crippen molar-refractivity contribution in [2.45, 2.75) is 44.8 Å². The molecule has 2 atom stereocenters. The molecule has 2 unspecified atom stereocenters. The Morgan fingerprint density at radius 1 is 1.15 bits per heavy atom. The lowest BCUT2D eigenvalue weighted by atomic mass is 10.0. The quantitative estimate of drug-likeness (QED) is 0.429. The number of halogens is 1. The molecule has 2 aromatic rings. The van der Waals surface area contributed by atoms with E-state index in [4.69, 9.17) is 10.5 Å². The fourth-order valence-electron chi connectivity index (χ4n) is 5.79. The Balaban J connectivity index is 1.32. The number of hydrogen-bond acceptors (Lipinski definition) is 8. The van der Waals surface area contributed by atoms with Gasteiger partial charge in [-0.25, -0.2) is 9.37 Å². The molecule has 40 heavy (non-hydrogen) atoms. The molecule has 3 fully saturated rings. The molecular weight excluding hydrogens is 513 g/mol. The SMILES string of the molecule is C=CC(=O)N1CCCC(Nc2nc(Nc3ccc(N4CCN(C5COC5)CC4C)cc3)c(C(N)=O)c(C)c2F)C1. The molecule has 1 aromatic heterocycles. The molecule has 3 saturated heterocycles. The second-order valence-corrected chi connectivity index (χ2v) is 10.9. The molecule has 0 radical (unpaired) electrons. The predicted octanol–water partition coefficient (Wildman–Crippen LogP) is 2.87. The number of hydrogen-bond donors (Lipinski definition) is 3. The first-order valence-corrected chi connectivity index (χ1v) is 13.9. The third-order valence-electron chi connectivity index (χ3n) is 8.12. The summed E-state index contributed by atoms with van der Waals surface area (Å²) in [6, 6.07) is 8.63. The molecule has 214 valence electrons. The van der Waals surface area contributed by atoms with E-state index < -0.39 is 11.7 Å². The lowest BCUT2D eigenvalue weighted by molar-refractivity contribution is -0.127. The summed E-state index contributed by atoms with van der Waals surface area (Å²) < 4.78 is 20.7. The number of ether oxygens (including phenoxy) is 1. The van der Waals surface area contributed by atoms with Crippen LogP contribution >= 0.6 is 0 Å². The minimum absolute atomic E-state index is 0.00366. The van der Waals surface area contributed by atoms with Gasteiger partial charge in [0.15, 0.2) is 11.6 Å². The van der Waals surface area contributed by atoms with E-state index >= 15 is 4.39 Å². The summed E-state index contributed by atoms with van der Waals surface area (Å²) in [6.45, 7) is 12.9. The molecule has 0 spiro atoms. The van der Waals surface area contributed by atoms with Crippen LogP contribution in [0.2, 0.25) is 0 Å². The van der Waals surface area contributed by atoms with Crippen LogP contribution in [-0.2, 0) is 9.53 Å². The maximum Gasteiger partial charge on any atom is 0.252 e. The smallest absolute Gasteiger partial charge is 0.252 e. The molecule has 4 N–H and O–H groups in total. The van der Waals surface area contributed by atoms with E-state index in [1.54, 1.807) is 4.90 Å². The number of primary amides is 1. The van der Waals surface area contributed by atoms with Crippen LogP contribution in [0.25, 0.3) is 0 Å². The molecule has 0 aliphatic carbocycles. The number of piperazine rings is 1. The highest BCUT2D eigenvalue weighted by Gasteiger charge is 2.32. The van der Waals surface area contributed by atoms with Crippen LogP contribution in [0.4, 0.5) is 27.4 Å². The Hall–Kier alpha value is -3.70. The van der Waals surface area contributed by atoms with Gasteiger partial charge < -0.3 is 30.9 Å². The molecule has 3 aliphatic rings. The van der Waals surface area contributed by atoms with Gasteiger partial charge in [-0.3, -0.25) is 14.5 Å². The van der Waals surface area contributed by atoms with Crippen molar-refractivity contribution in [2.24, 2.45) is 5.73 Å². The Morgan fingerprint density at radius 2 is 1.90 bits per heavy atom. The second-order valence-electron chi connectivity index (χ2n) is 10.9. The third-order valence-corrected chi connectivity index (χ3v) is 8.12.